The third-order valence-corrected chi connectivity index (χ3v) is 7.08. The number of carbonyl (C=O) groups is 1. The minimum absolute atomic E-state index is 0.427. The highest BCUT2D eigenvalue weighted by atomic mass is 32.1. The van der Waals surface area contributed by atoms with Crippen LogP contribution in [0.3, 0.4) is 0 Å². The largest absolute Gasteiger partial charge is 0.378 e. The minimum Gasteiger partial charge on any atom is -0.378 e. The van der Waals surface area contributed by atoms with Crippen LogP contribution in [0.5, 0.6) is 0 Å². The van der Waals surface area contributed by atoms with Crippen LogP contribution in [0, 0.1) is 0 Å². The highest BCUT2D eigenvalue weighted by Crippen LogP contribution is 2.37. The summed E-state index contributed by atoms with van der Waals surface area (Å²) in [6, 6.07) is 19.9. The van der Waals surface area contributed by atoms with Crippen LogP contribution in [0.15, 0.2) is 60.7 Å². The normalized spacial score (nSPS) is 11.3. The Hall–Kier alpha value is -3.29. The Bertz CT molecular complexity index is 1330. The number of thiazole rings is 2. The molecule has 5 aromatic rings. The molecule has 0 unspecified atom stereocenters. The number of carbonyl (C=O) groups excluding carboxylic acids is 1. The Kier molecular flexibility index (Phi) is 4.49. The number of primary amides is 1. The molecule has 148 valence electrons. The monoisotopic (exact) mass is 430 g/mol. The van der Waals surface area contributed by atoms with E-state index in [9.17, 15) is 4.79 Å². The maximum absolute atomic E-state index is 11.3. The lowest BCUT2D eigenvalue weighted by molar-refractivity contribution is 0.100. The average molecular weight is 431 g/mol. The third-order valence-electron chi connectivity index (χ3n) is 4.94. The van der Waals surface area contributed by atoms with Crippen molar-refractivity contribution in [1.82, 2.24) is 9.97 Å². The maximum atomic E-state index is 11.3. The molecule has 0 radical (unpaired) electrons. The van der Waals surface area contributed by atoms with Crippen LogP contribution in [-0.4, -0.2) is 30.0 Å². The topological polar surface area (TPSA) is 72.1 Å². The van der Waals surface area contributed by atoms with E-state index in [1.165, 1.54) is 5.69 Å². The summed E-state index contributed by atoms with van der Waals surface area (Å²) in [7, 11) is 4.07. The Morgan fingerprint density at radius 1 is 0.800 bits per heavy atom. The first-order valence-corrected chi connectivity index (χ1v) is 11.0. The Labute approximate surface area is 181 Å². The van der Waals surface area contributed by atoms with Gasteiger partial charge in [0.25, 0.3) is 0 Å². The van der Waals surface area contributed by atoms with Gasteiger partial charge < -0.3 is 10.6 Å². The molecule has 0 aliphatic rings. The van der Waals surface area contributed by atoms with Gasteiger partial charge in [-0.05, 0) is 48.5 Å². The zero-order valence-corrected chi connectivity index (χ0v) is 18.1. The van der Waals surface area contributed by atoms with Gasteiger partial charge in [0, 0.05) is 36.5 Å². The first kappa shape index (κ1) is 18.7. The van der Waals surface area contributed by atoms with Crippen LogP contribution < -0.4 is 10.6 Å². The molecule has 30 heavy (non-hydrogen) atoms. The predicted molar refractivity (Wildman–Crippen MR) is 127 cm³/mol. The molecule has 2 N–H and O–H groups in total. The van der Waals surface area contributed by atoms with Crippen LogP contribution in [0.25, 0.3) is 41.6 Å². The van der Waals surface area contributed by atoms with E-state index in [1.54, 1.807) is 34.8 Å². The zero-order chi connectivity index (χ0) is 20.8. The molecule has 5 rings (SSSR count). The SMILES string of the molecule is CN(C)c1ccc(-c2nc3cc4sc(-c5ccc(C(N)=O)cc5)nc4cc3s2)cc1. The van der Waals surface area contributed by atoms with E-state index in [1.807, 2.05) is 26.2 Å². The molecular formula is C23H18N4OS2. The molecule has 0 atom stereocenters. The maximum Gasteiger partial charge on any atom is 0.248 e. The Balaban J connectivity index is 1.51. The van der Waals surface area contributed by atoms with Gasteiger partial charge in [-0.3, -0.25) is 4.79 Å². The number of amides is 1. The fourth-order valence-electron chi connectivity index (χ4n) is 3.28. The lowest BCUT2D eigenvalue weighted by Crippen LogP contribution is -2.10. The van der Waals surface area contributed by atoms with Crippen molar-refractivity contribution in [2.75, 3.05) is 19.0 Å². The summed E-state index contributed by atoms with van der Waals surface area (Å²) < 4.78 is 2.21. The molecule has 5 nitrogen and oxygen atoms in total. The Morgan fingerprint density at radius 3 is 1.70 bits per heavy atom. The van der Waals surface area contributed by atoms with Crippen molar-refractivity contribution < 1.29 is 4.79 Å². The summed E-state index contributed by atoms with van der Waals surface area (Å²) in [6.07, 6.45) is 0. The number of nitrogens with zero attached hydrogens (tertiary/aromatic N) is 3. The molecule has 0 saturated heterocycles. The molecule has 2 heterocycles. The van der Waals surface area contributed by atoms with Gasteiger partial charge in [-0.2, -0.15) is 0 Å². The molecule has 2 aromatic heterocycles. The van der Waals surface area contributed by atoms with Crippen molar-refractivity contribution >= 4 is 54.7 Å². The summed E-state index contributed by atoms with van der Waals surface area (Å²) in [5.74, 6) is -0.427. The van der Waals surface area contributed by atoms with Crippen molar-refractivity contribution in [3.8, 4) is 21.1 Å². The molecule has 1 amide bonds. The number of anilines is 1. The molecule has 0 saturated carbocycles. The fourth-order valence-corrected chi connectivity index (χ4v) is 5.25. The second kappa shape index (κ2) is 7.19. The van der Waals surface area contributed by atoms with E-state index in [2.05, 4.69) is 41.3 Å². The van der Waals surface area contributed by atoms with Crippen molar-refractivity contribution in [3.63, 3.8) is 0 Å². The van der Waals surface area contributed by atoms with Crippen molar-refractivity contribution in [2.24, 2.45) is 5.73 Å². The van der Waals surface area contributed by atoms with Gasteiger partial charge in [0.05, 0.1) is 20.4 Å². The summed E-state index contributed by atoms with van der Waals surface area (Å²) in [5.41, 5.74) is 11.0. The van der Waals surface area contributed by atoms with Crippen molar-refractivity contribution in [3.05, 3.63) is 66.2 Å². The number of fused-ring (bicyclic) bond motifs is 2. The van der Waals surface area contributed by atoms with Gasteiger partial charge in [0.1, 0.15) is 10.0 Å². The van der Waals surface area contributed by atoms with Crippen molar-refractivity contribution in [1.29, 1.82) is 0 Å². The predicted octanol–water partition coefficient (Wildman–Crippen LogP) is 5.40. The smallest absolute Gasteiger partial charge is 0.248 e. The first-order valence-electron chi connectivity index (χ1n) is 9.37. The minimum atomic E-state index is -0.427. The first-order chi connectivity index (χ1) is 14.5. The van der Waals surface area contributed by atoms with Gasteiger partial charge >= 0.3 is 0 Å². The van der Waals surface area contributed by atoms with E-state index >= 15 is 0 Å². The van der Waals surface area contributed by atoms with Crippen LogP contribution in [0.1, 0.15) is 10.4 Å². The number of hydrogen-bond acceptors (Lipinski definition) is 6. The lowest BCUT2D eigenvalue weighted by Gasteiger charge is -2.11. The van der Waals surface area contributed by atoms with Gasteiger partial charge in [-0.25, -0.2) is 9.97 Å². The highest BCUT2D eigenvalue weighted by molar-refractivity contribution is 7.23. The standard InChI is InChI=1S/C23H18N4OS2/c1-27(2)16-9-7-15(8-10-16)23-26-18-12-19-17(11-20(18)30-23)25-22(29-19)14-5-3-13(4-6-14)21(24)28/h3-12H,1-2H3,(H2,24,28). The van der Waals surface area contributed by atoms with E-state index in [0.717, 1.165) is 41.6 Å². The number of nitrogens with two attached hydrogens (primary N) is 1. The van der Waals surface area contributed by atoms with Crippen LogP contribution in [0.4, 0.5) is 5.69 Å². The summed E-state index contributed by atoms with van der Waals surface area (Å²) in [6.45, 7) is 0. The van der Waals surface area contributed by atoms with Crippen LogP contribution >= 0.6 is 22.7 Å². The van der Waals surface area contributed by atoms with Gasteiger partial charge in [0.2, 0.25) is 5.91 Å². The quantitative estimate of drug-likeness (QED) is 0.414. The third kappa shape index (κ3) is 3.32. The van der Waals surface area contributed by atoms with E-state index < -0.39 is 5.91 Å². The number of benzene rings is 3. The highest BCUT2D eigenvalue weighted by Gasteiger charge is 2.12. The summed E-state index contributed by atoms with van der Waals surface area (Å²) in [5, 5.41) is 1.92. The average Bonchev–Trinajstić information content (AvgIpc) is 3.35. The molecule has 0 aliphatic carbocycles. The fraction of sp³-hybridized carbons (Fsp3) is 0.0870. The van der Waals surface area contributed by atoms with Gasteiger partial charge in [-0.1, -0.05) is 12.1 Å². The van der Waals surface area contributed by atoms with E-state index in [4.69, 9.17) is 15.7 Å². The summed E-state index contributed by atoms with van der Waals surface area (Å²) >= 11 is 3.30. The lowest BCUT2D eigenvalue weighted by atomic mass is 10.1. The van der Waals surface area contributed by atoms with E-state index in [-0.39, 0.29) is 0 Å². The Morgan fingerprint density at radius 2 is 1.27 bits per heavy atom. The number of aromatic nitrogens is 2. The van der Waals surface area contributed by atoms with Gasteiger partial charge in [-0.15, -0.1) is 22.7 Å². The summed E-state index contributed by atoms with van der Waals surface area (Å²) in [4.78, 5) is 23.0. The molecule has 3 aromatic carbocycles. The number of rotatable bonds is 4. The van der Waals surface area contributed by atoms with E-state index in [0.29, 0.717) is 5.56 Å². The molecule has 0 spiro atoms. The molecule has 0 bridgehead atoms. The van der Waals surface area contributed by atoms with Crippen LogP contribution in [0.2, 0.25) is 0 Å². The van der Waals surface area contributed by atoms with Crippen molar-refractivity contribution in [2.45, 2.75) is 0 Å². The second-order valence-corrected chi connectivity index (χ2v) is 9.27. The molecule has 7 heteroatoms. The number of hydrogen-bond donors (Lipinski definition) is 1. The second-order valence-electron chi connectivity index (χ2n) is 7.21. The molecule has 0 fully saturated rings. The van der Waals surface area contributed by atoms with Gasteiger partial charge in [0.15, 0.2) is 0 Å². The molecule has 0 aliphatic heterocycles. The molecular weight excluding hydrogens is 412 g/mol. The zero-order valence-electron chi connectivity index (χ0n) is 16.4. The van der Waals surface area contributed by atoms with Crippen LogP contribution in [-0.2, 0) is 0 Å².